The summed E-state index contributed by atoms with van der Waals surface area (Å²) in [6.07, 6.45) is 1.22. The van der Waals surface area contributed by atoms with Crippen molar-refractivity contribution < 1.29 is 9.90 Å². The number of carbonyl (C=O) groups is 1. The Morgan fingerprint density at radius 3 is 3.12 bits per heavy atom. The minimum atomic E-state index is -0.723. The van der Waals surface area contributed by atoms with Crippen molar-refractivity contribution in [2.75, 3.05) is 6.54 Å². The maximum atomic E-state index is 10.7. The van der Waals surface area contributed by atoms with Gasteiger partial charge in [0, 0.05) is 6.54 Å². The summed E-state index contributed by atoms with van der Waals surface area (Å²) in [4.78, 5) is 10.7. The van der Waals surface area contributed by atoms with E-state index < -0.39 is 5.97 Å². The second-order valence-electron chi connectivity index (χ2n) is 4.41. The van der Waals surface area contributed by atoms with Crippen molar-refractivity contribution in [1.82, 2.24) is 5.32 Å². The van der Waals surface area contributed by atoms with Gasteiger partial charge in [-0.2, -0.15) is 0 Å². The van der Waals surface area contributed by atoms with Gasteiger partial charge in [0.15, 0.2) is 0 Å². The molecule has 2 N–H and O–H groups in total. The van der Waals surface area contributed by atoms with Gasteiger partial charge in [0.25, 0.3) is 0 Å². The number of hydrogen-bond acceptors (Lipinski definition) is 2. The molecule has 0 spiro atoms. The molecule has 0 bridgehead atoms. The summed E-state index contributed by atoms with van der Waals surface area (Å²) in [5.74, 6) is -0.621. The summed E-state index contributed by atoms with van der Waals surface area (Å²) in [7, 11) is 0. The molecule has 3 heteroatoms. The number of benzene rings is 1. The van der Waals surface area contributed by atoms with Crippen molar-refractivity contribution in [2.24, 2.45) is 0 Å². The second-order valence-corrected chi connectivity index (χ2v) is 4.41. The van der Waals surface area contributed by atoms with Crippen LogP contribution in [0.15, 0.2) is 18.2 Å². The summed E-state index contributed by atoms with van der Waals surface area (Å²) in [6, 6.07) is 6.22. The van der Waals surface area contributed by atoms with Crippen LogP contribution >= 0.6 is 0 Å². The summed E-state index contributed by atoms with van der Waals surface area (Å²) < 4.78 is 0. The van der Waals surface area contributed by atoms with Gasteiger partial charge in [-0.15, -0.1) is 0 Å². The molecule has 1 aromatic rings. The van der Waals surface area contributed by atoms with E-state index in [2.05, 4.69) is 17.4 Å². The van der Waals surface area contributed by atoms with Gasteiger partial charge in [-0.1, -0.05) is 25.1 Å². The Morgan fingerprint density at radius 2 is 2.38 bits per heavy atom. The second kappa shape index (κ2) is 4.66. The molecule has 1 atom stereocenters. The molecule has 0 saturated carbocycles. The summed E-state index contributed by atoms with van der Waals surface area (Å²) in [6.45, 7) is 3.89. The van der Waals surface area contributed by atoms with Crippen LogP contribution < -0.4 is 5.32 Å². The molecule has 0 aliphatic carbocycles. The molecule has 1 aliphatic rings. The Bertz CT molecular complexity index is 401. The minimum absolute atomic E-state index is 0.102. The molecule has 0 amide bonds. The number of carboxylic acid groups (broad SMARTS) is 1. The molecular formula is C13H17NO2. The third-order valence-electron chi connectivity index (χ3n) is 3.19. The van der Waals surface area contributed by atoms with Gasteiger partial charge in [-0.05, 0) is 35.6 Å². The lowest BCUT2D eigenvalue weighted by molar-refractivity contribution is -0.137. The molecule has 0 aromatic heterocycles. The van der Waals surface area contributed by atoms with Gasteiger partial charge in [0.1, 0.15) is 0 Å². The third-order valence-corrected chi connectivity index (χ3v) is 3.19. The van der Waals surface area contributed by atoms with E-state index in [9.17, 15) is 4.79 Å². The highest BCUT2D eigenvalue weighted by atomic mass is 16.4. The summed E-state index contributed by atoms with van der Waals surface area (Å²) in [5.41, 5.74) is 3.89. The van der Waals surface area contributed by atoms with E-state index in [1.165, 1.54) is 16.7 Å². The van der Waals surface area contributed by atoms with Gasteiger partial charge in [0.2, 0.25) is 0 Å². The fourth-order valence-corrected chi connectivity index (χ4v) is 2.40. The Morgan fingerprint density at radius 1 is 1.56 bits per heavy atom. The zero-order valence-electron chi connectivity index (χ0n) is 9.49. The monoisotopic (exact) mass is 219 g/mol. The Balaban J connectivity index is 2.29. The lowest BCUT2D eigenvalue weighted by Gasteiger charge is -2.22. The summed E-state index contributed by atoms with van der Waals surface area (Å²) in [5, 5.41) is 12.2. The van der Waals surface area contributed by atoms with Crippen LogP contribution in [-0.4, -0.2) is 17.6 Å². The Kier molecular flexibility index (Phi) is 3.25. The molecule has 1 heterocycles. The average Bonchev–Trinajstić information content (AvgIpc) is 2.27. The van der Waals surface area contributed by atoms with E-state index in [-0.39, 0.29) is 12.3 Å². The zero-order chi connectivity index (χ0) is 11.5. The van der Waals surface area contributed by atoms with Crippen LogP contribution in [0.1, 0.15) is 36.0 Å². The van der Waals surface area contributed by atoms with Crippen LogP contribution in [0.5, 0.6) is 0 Å². The first-order chi connectivity index (χ1) is 7.68. The van der Waals surface area contributed by atoms with Crippen LogP contribution in [0.2, 0.25) is 0 Å². The number of nitrogens with one attached hydrogen (secondary N) is 1. The van der Waals surface area contributed by atoms with Crippen molar-refractivity contribution in [3.8, 4) is 0 Å². The van der Waals surface area contributed by atoms with Gasteiger partial charge in [0.05, 0.1) is 6.42 Å². The number of rotatable bonds is 3. The molecule has 1 aromatic carbocycles. The molecule has 3 nitrogen and oxygen atoms in total. The largest absolute Gasteiger partial charge is 0.481 e. The minimum Gasteiger partial charge on any atom is -0.481 e. The van der Waals surface area contributed by atoms with E-state index in [4.69, 9.17) is 5.11 Å². The number of fused-ring (bicyclic) bond motifs is 1. The molecule has 0 saturated heterocycles. The normalized spacial score (nSPS) is 16.6. The van der Waals surface area contributed by atoms with Crippen LogP contribution in [0.3, 0.4) is 0 Å². The van der Waals surface area contributed by atoms with Crippen molar-refractivity contribution in [3.63, 3.8) is 0 Å². The molecule has 16 heavy (non-hydrogen) atoms. The van der Waals surface area contributed by atoms with Crippen molar-refractivity contribution in [3.05, 3.63) is 34.9 Å². The Labute approximate surface area is 95.5 Å². The zero-order valence-corrected chi connectivity index (χ0v) is 9.49. The first kappa shape index (κ1) is 11.1. The van der Waals surface area contributed by atoms with Crippen molar-refractivity contribution >= 4 is 5.97 Å². The number of aliphatic carboxylic acids is 1. The average molecular weight is 219 g/mol. The van der Waals surface area contributed by atoms with Crippen molar-refractivity contribution in [1.29, 1.82) is 0 Å². The highest BCUT2D eigenvalue weighted by Gasteiger charge is 2.17. The quantitative estimate of drug-likeness (QED) is 0.816. The summed E-state index contributed by atoms with van der Waals surface area (Å²) >= 11 is 0. The first-order valence-corrected chi connectivity index (χ1v) is 5.71. The van der Waals surface area contributed by atoms with Crippen molar-refractivity contribution in [2.45, 2.75) is 32.2 Å². The maximum absolute atomic E-state index is 10.7. The smallest absolute Gasteiger partial charge is 0.303 e. The van der Waals surface area contributed by atoms with E-state index in [1.807, 2.05) is 13.0 Å². The van der Waals surface area contributed by atoms with Gasteiger partial charge < -0.3 is 10.4 Å². The molecule has 1 aliphatic heterocycles. The number of hydrogen-bond donors (Lipinski definition) is 2. The van der Waals surface area contributed by atoms with E-state index in [0.29, 0.717) is 0 Å². The lowest BCUT2D eigenvalue weighted by Crippen LogP contribution is -2.25. The van der Waals surface area contributed by atoms with Crippen LogP contribution in [0.4, 0.5) is 0 Å². The predicted octanol–water partition coefficient (Wildman–Crippen LogP) is 1.91. The van der Waals surface area contributed by atoms with E-state index >= 15 is 0 Å². The SMILES string of the molecule is C[C@H](CC(=O)O)c1cccc2c1CCNC2. The molecule has 0 fully saturated rings. The van der Waals surface area contributed by atoms with Crippen LogP contribution in [0, 0.1) is 0 Å². The standard InChI is InChI=1S/C13H17NO2/c1-9(7-13(15)16)11-4-2-3-10-8-14-6-5-12(10)11/h2-4,9,14H,5-8H2,1H3,(H,15,16)/t9-/m1/s1. The topological polar surface area (TPSA) is 49.3 Å². The molecule has 86 valence electrons. The number of carboxylic acids is 1. The van der Waals surface area contributed by atoms with Crippen LogP contribution in [-0.2, 0) is 17.8 Å². The fourth-order valence-electron chi connectivity index (χ4n) is 2.40. The van der Waals surface area contributed by atoms with Gasteiger partial charge in [-0.3, -0.25) is 4.79 Å². The molecule has 0 unspecified atom stereocenters. The third kappa shape index (κ3) is 2.25. The lowest BCUT2D eigenvalue weighted by atomic mass is 9.87. The van der Waals surface area contributed by atoms with E-state index in [0.717, 1.165) is 19.5 Å². The van der Waals surface area contributed by atoms with Crippen LogP contribution in [0.25, 0.3) is 0 Å². The Hall–Kier alpha value is -1.35. The van der Waals surface area contributed by atoms with E-state index in [1.54, 1.807) is 0 Å². The molecule has 0 radical (unpaired) electrons. The first-order valence-electron chi connectivity index (χ1n) is 5.71. The van der Waals surface area contributed by atoms with Gasteiger partial charge >= 0.3 is 5.97 Å². The predicted molar refractivity (Wildman–Crippen MR) is 62.5 cm³/mol. The fraction of sp³-hybridized carbons (Fsp3) is 0.462. The van der Waals surface area contributed by atoms with Gasteiger partial charge in [-0.25, -0.2) is 0 Å². The molecular weight excluding hydrogens is 202 g/mol. The highest BCUT2D eigenvalue weighted by Crippen LogP contribution is 2.27. The maximum Gasteiger partial charge on any atom is 0.303 e. The highest BCUT2D eigenvalue weighted by molar-refractivity contribution is 5.68. The molecule has 2 rings (SSSR count).